The SMILES string of the molecule is CC1(C)c2ccccc2-c2ccc(N(c3ccc(-c4ccc5c6ccccc6n(-c6ccccc6)c5c4)cc3)c3cccc4c3-c3ccccc3C4(C)C)cc21. The zero-order valence-corrected chi connectivity index (χ0v) is 32.2. The summed E-state index contributed by atoms with van der Waals surface area (Å²) >= 11 is 0. The first-order valence-corrected chi connectivity index (χ1v) is 19.8. The molecule has 0 saturated carbocycles. The molecule has 0 fully saturated rings. The van der Waals surface area contributed by atoms with Gasteiger partial charge in [-0.05, 0) is 105 Å². The van der Waals surface area contributed by atoms with Crippen LogP contribution in [0.1, 0.15) is 49.9 Å². The van der Waals surface area contributed by atoms with E-state index in [0.29, 0.717) is 0 Å². The molecule has 0 bridgehead atoms. The molecule has 9 aromatic rings. The lowest BCUT2D eigenvalue weighted by atomic mass is 9.82. The molecule has 2 heteroatoms. The van der Waals surface area contributed by atoms with Gasteiger partial charge in [0.15, 0.2) is 0 Å². The number of para-hydroxylation sites is 2. The Bertz CT molecular complexity index is 3020. The second-order valence-corrected chi connectivity index (χ2v) is 16.6. The molecule has 2 nitrogen and oxygen atoms in total. The van der Waals surface area contributed by atoms with Gasteiger partial charge in [0.05, 0.1) is 16.7 Å². The van der Waals surface area contributed by atoms with E-state index in [2.05, 4.69) is 219 Å². The first kappa shape index (κ1) is 32.8. The monoisotopic (exact) mass is 718 g/mol. The summed E-state index contributed by atoms with van der Waals surface area (Å²) in [7, 11) is 0. The number of anilines is 3. The van der Waals surface area contributed by atoms with E-state index in [9.17, 15) is 0 Å². The normalized spacial score (nSPS) is 14.4. The number of hydrogen-bond donors (Lipinski definition) is 0. The van der Waals surface area contributed by atoms with Crippen LogP contribution in [0.5, 0.6) is 0 Å². The van der Waals surface area contributed by atoms with Crippen LogP contribution in [0, 0.1) is 0 Å². The topological polar surface area (TPSA) is 8.17 Å². The first-order chi connectivity index (χ1) is 27.3. The van der Waals surface area contributed by atoms with Gasteiger partial charge in [-0.15, -0.1) is 0 Å². The summed E-state index contributed by atoms with van der Waals surface area (Å²) in [5, 5.41) is 2.53. The van der Waals surface area contributed by atoms with Gasteiger partial charge in [0.25, 0.3) is 0 Å². The second kappa shape index (κ2) is 11.9. The summed E-state index contributed by atoms with van der Waals surface area (Å²) in [6.07, 6.45) is 0. The lowest BCUT2D eigenvalue weighted by molar-refractivity contribution is 0.660. The standard InChI is InChI=1S/C54H42N2/c1-53(2)46-21-12-9-19-44(46)52-47(53)22-14-24-50(52)55(39-30-32-41-40-17-8-11-20-45(40)54(3,4)48(41)34-39)38-28-25-35(26-29-38)36-27-31-43-42-18-10-13-23-49(42)56(51(43)33-36)37-15-6-5-7-16-37/h5-34H,1-4H3. The highest BCUT2D eigenvalue weighted by Gasteiger charge is 2.39. The molecule has 1 aromatic heterocycles. The highest BCUT2D eigenvalue weighted by Crippen LogP contribution is 2.55. The molecule has 56 heavy (non-hydrogen) atoms. The average Bonchev–Trinajstić information content (AvgIpc) is 3.78. The summed E-state index contributed by atoms with van der Waals surface area (Å²) in [6.45, 7) is 9.47. The molecular weight excluding hydrogens is 677 g/mol. The van der Waals surface area contributed by atoms with Crippen molar-refractivity contribution >= 4 is 38.9 Å². The number of aromatic nitrogens is 1. The van der Waals surface area contributed by atoms with Gasteiger partial charge in [-0.25, -0.2) is 0 Å². The quantitative estimate of drug-likeness (QED) is 0.172. The van der Waals surface area contributed by atoms with E-state index in [-0.39, 0.29) is 10.8 Å². The van der Waals surface area contributed by atoms with Gasteiger partial charge in [0.1, 0.15) is 0 Å². The van der Waals surface area contributed by atoms with Crippen molar-refractivity contribution < 1.29 is 0 Å². The predicted molar refractivity (Wildman–Crippen MR) is 236 cm³/mol. The molecular formula is C54H42N2. The Morgan fingerprint density at radius 2 is 0.982 bits per heavy atom. The zero-order valence-electron chi connectivity index (χ0n) is 32.2. The summed E-state index contributed by atoms with van der Waals surface area (Å²) in [4.78, 5) is 2.50. The van der Waals surface area contributed by atoms with Crippen molar-refractivity contribution in [3.63, 3.8) is 0 Å². The van der Waals surface area contributed by atoms with Gasteiger partial charge in [0.2, 0.25) is 0 Å². The number of hydrogen-bond acceptors (Lipinski definition) is 1. The lowest BCUT2D eigenvalue weighted by Crippen LogP contribution is -2.17. The maximum Gasteiger partial charge on any atom is 0.0547 e. The van der Waals surface area contributed by atoms with E-state index in [1.165, 1.54) is 94.5 Å². The van der Waals surface area contributed by atoms with Crippen molar-refractivity contribution in [2.75, 3.05) is 4.90 Å². The van der Waals surface area contributed by atoms with Gasteiger partial charge >= 0.3 is 0 Å². The van der Waals surface area contributed by atoms with Crippen LogP contribution in [0.25, 0.3) is 60.9 Å². The molecule has 0 aliphatic heterocycles. The average molecular weight is 719 g/mol. The Labute approximate surface area is 328 Å². The van der Waals surface area contributed by atoms with Crippen LogP contribution in [0.4, 0.5) is 17.1 Å². The van der Waals surface area contributed by atoms with E-state index < -0.39 is 0 Å². The molecule has 0 unspecified atom stereocenters. The molecule has 1 heterocycles. The minimum atomic E-state index is -0.106. The third-order valence-electron chi connectivity index (χ3n) is 12.8. The Balaban J connectivity index is 1.08. The molecule has 0 N–H and O–H groups in total. The third-order valence-corrected chi connectivity index (χ3v) is 12.8. The van der Waals surface area contributed by atoms with Crippen LogP contribution in [0.15, 0.2) is 182 Å². The number of benzene rings is 8. The molecule has 0 spiro atoms. The molecule has 11 rings (SSSR count). The Hall–Kier alpha value is -6.64. The summed E-state index contributed by atoms with van der Waals surface area (Å²) in [6, 6.07) is 67.5. The van der Waals surface area contributed by atoms with Crippen LogP contribution >= 0.6 is 0 Å². The van der Waals surface area contributed by atoms with E-state index >= 15 is 0 Å². The van der Waals surface area contributed by atoms with Gasteiger partial charge in [-0.2, -0.15) is 0 Å². The fourth-order valence-electron chi connectivity index (χ4n) is 9.99. The van der Waals surface area contributed by atoms with Crippen LogP contribution in [-0.4, -0.2) is 4.57 Å². The highest BCUT2D eigenvalue weighted by molar-refractivity contribution is 6.10. The molecule has 8 aromatic carbocycles. The minimum Gasteiger partial charge on any atom is -0.310 e. The number of fused-ring (bicyclic) bond motifs is 9. The molecule has 2 aliphatic rings. The predicted octanol–water partition coefficient (Wildman–Crippen LogP) is 14.5. The van der Waals surface area contributed by atoms with Gasteiger partial charge in [0, 0.05) is 44.2 Å². The van der Waals surface area contributed by atoms with Crippen molar-refractivity contribution in [1.29, 1.82) is 0 Å². The van der Waals surface area contributed by atoms with E-state index in [4.69, 9.17) is 0 Å². The minimum absolute atomic E-state index is 0.0973. The van der Waals surface area contributed by atoms with E-state index in [1.54, 1.807) is 0 Å². The Kier molecular flexibility index (Phi) is 6.98. The number of rotatable bonds is 5. The zero-order chi connectivity index (χ0) is 37.8. The van der Waals surface area contributed by atoms with Gasteiger partial charge in [-0.3, -0.25) is 0 Å². The highest BCUT2D eigenvalue weighted by atomic mass is 15.1. The van der Waals surface area contributed by atoms with Crippen molar-refractivity contribution in [2.45, 2.75) is 38.5 Å². The molecule has 2 aliphatic carbocycles. The maximum absolute atomic E-state index is 2.50. The summed E-state index contributed by atoms with van der Waals surface area (Å²) in [5.74, 6) is 0. The van der Waals surface area contributed by atoms with Crippen molar-refractivity contribution in [2.24, 2.45) is 0 Å². The van der Waals surface area contributed by atoms with Crippen LogP contribution in [0.3, 0.4) is 0 Å². The summed E-state index contributed by atoms with van der Waals surface area (Å²) in [5.41, 5.74) is 20.1. The Morgan fingerprint density at radius 3 is 1.79 bits per heavy atom. The van der Waals surface area contributed by atoms with Crippen molar-refractivity contribution in [3.05, 3.63) is 204 Å². The fourth-order valence-corrected chi connectivity index (χ4v) is 9.99. The second-order valence-electron chi connectivity index (χ2n) is 16.6. The summed E-state index contributed by atoms with van der Waals surface area (Å²) < 4.78 is 2.40. The maximum atomic E-state index is 2.50. The van der Waals surface area contributed by atoms with E-state index in [0.717, 1.165) is 5.69 Å². The van der Waals surface area contributed by atoms with Crippen LogP contribution in [0.2, 0.25) is 0 Å². The van der Waals surface area contributed by atoms with Crippen molar-refractivity contribution in [1.82, 2.24) is 4.57 Å². The lowest BCUT2D eigenvalue weighted by Gasteiger charge is -2.30. The molecule has 0 radical (unpaired) electrons. The smallest absolute Gasteiger partial charge is 0.0547 e. The molecule has 0 saturated heterocycles. The first-order valence-electron chi connectivity index (χ1n) is 19.8. The van der Waals surface area contributed by atoms with Gasteiger partial charge < -0.3 is 9.47 Å². The fraction of sp³-hybridized carbons (Fsp3) is 0.111. The third kappa shape index (κ3) is 4.62. The molecule has 0 atom stereocenters. The molecule has 268 valence electrons. The van der Waals surface area contributed by atoms with Crippen LogP contribution < -0.4 is 4.90 Å². The molecule has 0 amide bonds. The van der Waals surface area contributed by atoms with Crippen molar-refractivity contribution in [3.8, 4) is 39.1 Å². The van der Waals surface area contributed by atoms with Crippen LogP contribution in [-0.2, 0) is 10.8 Å². The van der Waals surface area contributed by atoms with E-state index in [1.807, 2.05) is 0 Å². The largest absolute Gasteiger partial charge is 0.310 e. The number of nitrogens with zero attached hydrogens (tertiary/aromatic N) is 2. The Morgan fingerprint density at radius 1 is 0.393 bits per heavy atom. The van der Waals surface area contributed by atoms with Gasteiger partial charge in [-0.1, -0.05) is 155 Å².